The molecule has 1 atom stereocenters. The maximum absolute atomic E-state index is 12.1. The van der Waals surface area contributed by atoms with Crippen LogP contribution in [0.5, 0.6) is 5.75 Å². The number of ketones is 1. The molecule has 1 saturated heterocycles. The minimum Gasteiger partial charge on any atom is -0.484 e. The quantitative estimate of drug-likeness (QED) is 0.742. The van der Waals surface area contributed by atoms with Crippen molar-refractivity contribution in [3.8, 4) is 5.75 Å². The molecule has 0 radical (unpaired) electrons. The van der Waals surface area contributed by atoms with Crippen molar-refractivity contribution in [2.24, 2.45) is 5.41 Å². The SMILES string of the molecule is CC1(C2(C)CC(=O)c3ccncc3O2)COC1. The molecule has 1 aromatic rings. The van der Waals surface area contributed by atoms with Crippen LogP contribution < -0.4 is 4.74 Å². The predicted molar refractivity (Wildman–Crippen MR) is 61.1 cm³/mol. The molecule has 4 heteroatoms. The van der Waals surface area contributed by atoms with E-state index in [2.05, 4.69) is 11.9 Å². The number of fused-ring (bicyclic) bond motifs is 1. The van der Waals surface area contributed by atoms with Gasteiger partial charge in [0, 0.05) is 6.20 Å². The van der Waals surface area contributed by atoms with Gasteiger partial charge in [0.1, 0.15) is 11.4 Å². The number of aromatic nitrogens is 1. The van der Waals surface area contributed by atoms with E-state index in [9.17, 15) is 4.79 Å². The Kier molecular flexibility index (Phi) is 2.08. The Morgan fingerprint density at radius 2 is 2.12 bits per heavy atom. The van der Waals surface area contributed by atoms with Gasteiger partial charge in [-0.1, -0.05) is 6.92 Å². The van der Waals surface area contributed by atoms with E-state index in [0.29, 0.717) is 30.9 Å². The smallest absolute Gasteiger partial charge is 0.170 e. The number of rotatable bonds is 1. The van der Waals surface area contributed by atoms with E-state index in [4.69, 9.17) is 9.47 Å². The Hall–Kier alpha value is -1.42. The van der Waals surface area contributed by atoms with Gasteiger partial charge in [-0.25, -0.2) is 0 Å². The summed E-state index contributed by atoms with van der Waals surface area (Å²) in [6, 6.07) is 1.72. The molecule has 4 nitrogen and oxygen atoms in total. The number of pyridine rings is 1. The summed E-state index contributed by atoms with van der Waals surface area (Å²) >= 11 is 0. The Bertz CT molecular complexity index is 481. The second kappa shape index (κ2) is 3.29. The van der Waals surface area contributed by atoms with Crippen LogP contribution in [-0.2, 0) is 4.74 Å². The lowest BCUT2D eigenvalue weighted by Gasteiger charge is -2.52. The van der Waals surface area contributed by atoms with Crippen molar-refractivity contribution < 1.29 is 14.3 Å². The third-order valence-corrected chi connectivity index (χ3v) is 4.04. The molecule has 0 bridgehead atoms. The van der Waals surface area contributed by atoms with E-state index >= 15 is 0 Å². The highest BCUT2D eigenvalue weighted by Gasteiger charge is 2.55. The second-order valence-electron chi connectivity index (χ2n) is 5.36. The number of ether oxygens (including phenoxy) is 2. The molecular formula is C13H15NO3. The molecule has 1 unspecified atom stereocenters. The summed E-state index contributed by atoms with van der Waals surface area (Å²) in [5.74, 6) is 0.726. The Labute approximate surface area is 99.9 Å². The first-order chi connectivity index (χ1) is 8.04. The third-order valence-electron chi connectivity index (χ3n) is 4.04. The summed E-state index contributed by atoms with van der Waals surface area (Å²) in [6.07, 6.45) is 3.65. The van der Waals surface area contributed by atoms with Gasteiger partial charge in [0.15, 0.2) is 5.78 Å². The standard InChI is InChI=1S/C13H15NO3/c1-12(7-16-8-12)13(2)5-10(15)9-3-4-14-6-11(9)17-13/h3-4,6H,5,7-8H2,1-2H3. The van der Waals surface area contributed by atoms with E-state index in [1.807, 2.05) is 6.92 Å². The minimum absolute atomic E-state index is 0.0871. The topological polar surface area (TPSA) is 48.4 Å². The van der Waals surface area contributed by atoms with Crippen molar-refractivity contribution in [2.75, 3.05) is 13.2 Å². The van der Waals surface area contributed by atoms with Gasteiger partial charge in [-0.3, -0.25) is 9.78 Å². The zero-order chi connectivity index (χ0) is 12.1. The average Bonchev–Trinajstić information content (AvgIpc) is 2.25. The molecular weight excluding hydrogens is 218 g/mol. The highest BCUT2D eigenvalue weighted by molar-refractivity contribution is 6.00. The van der Waals surface area contributed by atoms with Gasteiger partial charge < -0.3 is 9.47 Å². The van der Waals surface area contributed by atoms with Crippen LogP contribution in [0.25, 0.3) is 0 Å². The van der Waals surface area contributed by atoms with Gasteiger partial charge in [0.2, 0.25) is 0 Å². The monoisotopic (exact) mass is 233 g/mol. The van der Waals surface area contributed by atoms with Crippen LogP contribution in [0.2, 0.25) is 0 Å². The largest absolute Gasteiger partial charge is 0.484 e. The molecule has 17 heavy (non-hydrogen) atoms. The minimum atomic E-state index is -0.488. The van der Waals surface area contributed by atoms with E-state index in [1.165, 1.54) is 0 Å². The van der Waals surface area contributed by atoms with Gasteiger partial charge in [-0.2, -0.15) is 0 Å². The van der Waals surface area contributed by atoms with Crippen LogP contribution in [0.3, 0.4) is 0 Å². The van der Waals surface area contributed by atoms with Crippen molar-refractivity contribution >= 4 is 5.78 Å². The summed E-state index contributed by atoms with van der Waals surface area (Å²) in [7, 11) is 0. The maximum Gasteiger partial charge on any atom is 0.170 e. The van der Waals surface area contributed by atoms with E-state index in [0.717, 1.165) is 0 Å². The lowest BCUT2D eigenvalue weighted by Crippen LogP contribution is -2.61. The summed E-state index contributed by atoms with van der Waals surface area (Å²) in [6.45, 7) is 5.38. The molecule has 0 aliphatic carbocycles. The first kappa shape index (κ1) is 10.7. The molecule has 1 fully saturated rings. The van der Waals surface area contributed by atoms with Crippen LogP contribution in [0, 0.1) is 5.41 Å². The number of hydrogen-bond donors (Lipinski definition) is 0. The molecule has 0 N–H and O–H groups in total. The molecule has 3 rings (SSSR count). The van der Waals surface area contributed by atoms with Crippen LogP contribution in [-0.4, -0.2) is 29.6 Å². The Morgan fingerprint density at radius 3 is 2.76 bits per heavy atom. The van der Waals surface area contributed by atoms with Gasteiger partial charge in [0.25, 0.3) is 0 Å². The summed E-state index contributed by atoms with van der Waals surface area (Å²) in [4.78, 5) is 16.2. The lowest BCUT2D eigenvalue weighted by molar-refractivity contribution is -0.194. The molecule has 0 spiro atoms. The fourth-order valence-corrected chi connectivity index (χ4v) is 2.42. The Balaban J connectivity index is 2.01. The van der Waals surface area contributed by atoms with Crippen LogP contribution in [0.4, 0.5) is 0 Å². The highest BCUT2D eigenvalue weighted by atomic mass is 16.5. The normalized spacial score (nSPS) is 30.1. The first-order valence-corrected chi connectivity index (χ1v) is 5.78. The van der Waals surface area contributed by atoms with Crippen LogP contribution in [0.1, 0.15) is 30.6 Å². The average molecular weight is 233 g/mol. The molecule has 90 valence electrons. The second-order valence-corrected chi connectivity index (χ2v) is 5.36. The fourth-order valence-electron chi connectivity index (χ4n) is 2.42. The fraction of sp³-hybridized carbons (Fsp3) is 0.538. The van der Waals surface area contributed by atoms with Gasteiger partial charge in [-0.15, -0.1) is 0 Å². The van der Waals surface area contributed by atoms with Gasteiger partial charge in [-0.05, 0) is 13.0 Å². The molecule has 2 aliphatic heterocycles. The zero-order valence-electron chi connectivity index (χ0n) is 10.0. The summed E-state index contributed by atoms with van der Waals surface area (Å²) < 4.78 is 11.3. The summed E-state index contributed by atoms with van der Waals surface area (Å²) in [5.41, 5.74) is 0.0653. The van der Waals surface area contributed by atoms with Crippen molar-refractivity contribution in [1.82, 2.24) is 4.98 Å². The van der Waals surface area contributed by atoms with Gasteiger partial charge in [0.05, 0.1) is 36.8 Å². The number of carbonyl (C=O) groups is 1. The first-order valence-electron chi connectivity index (χ1n) is 5.78. The van der Waals surface area contributed by atoms with E-state index in [-0.39, 0.29) is 11.2 Å². The Morgan fingerprint density at radius 1 is 1.35 bits per heavy atom. The summed E-state index contributed by atoms with van der Waals surface area (Å²) in [5, 5.41) is 0. The molecule has 2 aliphatic rings. The molecule has 0 aromatic carbocycles. The number of nitrogens with zero attached hydrogens (tertiary/aromatic N) is 1. The third kappa shape index (κ3) is 1.40. The molecule has 0 amide bonds. The number of Topliss-reactive ketones (excluding diaryl/α,β-unsaturated/α-hetero) is 1. The van der Waals surface area contributed by atoms with E-state index in [1.54, 1.807) is 18.5 Å². The molecule has 3 heterocycles. The highest BCUT2D eigenvalue weighted by Crippen LogP contribution is 2.46. The predicted octanol–water partition coefficient (Wildman–Crippen LogP) is 1.84. The maximum atomic E-state index is 12.1. The number of hydrogen-bond acceptors (Lipinski definition) is 4. The van der Waals surface area contributed by atoms with Gasteiger partial charge >= 0.3 is 0 Å². The zero-order valence-corrected chi connectivity index (χ0v) is 10.0. The molecule has 1 aromatic heterocycles. The van der Waals surface area contributed by atoms with Crippen molar-refractivity contribution in [3.63, 3.8) is 0 Å². The van der Waals surface area contributed by atoms with Crippen molar-refractivity contribution in [2.45, 2.75) is 25.9 Å². The van der Waals surface area contributed by atoms with E-state index < -0.39 is 5.60 Å². The number of carbonyl (C=O) groups excluding carboxylic acids is 1. The van der Waals surface area contributed by atoms with Crippen molar-refractivity contribution in [1.29, 1.82) is 0 Å². The van der Waals surface area contributed by atoms with Crippen LogP contribution in [0.15, 0.2) is 18.5 Å². The lowest BCUT2D eigenvalue weighted by atomic mass is 9.69. The van der Waals surface area contributed by atoms with Crippen LogP contribution >= 0.6 is 0 Å². The molecule has 0 saturated carbocycles. The van der Waals surface area contributed by atoms with Crippen molar-refractivity contribution in [3.05, 3.63) is 24.0 Å².